The van der Waals surface area contributed by atoms with Crippen molar-refractivity contribution in [3.05, 3.63) is 0 Å². The van der Waals surface area contributed by atoms with Gasteiger partial charge in [0.1, 0.15) is 0 Å². The summed E-state index contributed by atoms with van der Waals surface area (Å²) in [5, 5.41) is 0. The molecule has 0 aromatic heterocycles. The van der Waals surface area contributed by atoms with E-state index in [2.05, 4.69) is 0 Å². The Morgan fingerprint density at radius 2 is 0.471 bits per heavy atom. The van der Waals surface area contributed by atoms with E-state index in [0.717, 1.165) is 0 Å². The molecule has 0 aliphatic carbocycles. The van der Waals surface area contributed by atoms with Gasteiger partial charge in [0.25, 0.3) is 0 Å². The van der Waals surface area contributed by atoms with Crippen LogP contribution in [0.15, 0.2) is 0 Å². The maximum atomic E-state index is 8.53. The van der Waals surface area contributed by atoms with Crippen LogP contribution in [0.4, 0.5) is 0 Å². The van der Waals surface area contributed by atoms with Crippen molar-refractivity contribution in [1.29, 1.82) is 0 Å². The molecule has 0 spiro atoms. The van der Waals surface area contributed by atoms with E-state index in [9.17, 15) is 0 Å². The predicted octanol–water partition coefficient (Wildman–Crippen LogP) is -11.6. The average Bonchev–Trinajstić information content (AvgIpc) is 2.09. The third kappa shape index (κ3) is 867. The summed E-state index contributed by atoms with van der Waals surface area (Å²) in [5.74, 6) is 0. The summed E-state index contributed by atoms with van der Waals surface area (Å²) in [5.41, 5.74) is 0. The molecule has 0 N–H and O–H groups in total. The zero-order chi connectivity index (χ0) is 13.5. The standard InChI is InChI=1S/Bi.5GeHO2.H4Te/c;5*2-1-3;/h;5*1H;1H4/q+3;5*-1;+2. The first-order chi connectivity index (χ1) is 7.07. The van der Waals surface area contributed by atoms with E-state index in [1.165, 1.54) is 0 Å². The van der Waals surface area contributed by atoms with Crippen LogP contribution in [0.5, 0.6) is 0 Å². The third-order valence-corrected chi connectivity index (χ3v) is 0. The molecule has 0 aliphatic rings. The van der Waals surface area contributed by atoms with Crippen LogP contribution in [0.25, 0.3) is 0 Å². The van der Waals surface area contributed by atoms with Gasteiger partial charge in [0.05, 0.1) is 0 Å². The fraction of sp³-hybridized carbons (Fsp3) is 0. The van der Waals surface area contributed by atoms with Gasteiger partial charge < -0.3 is 0 Å². The molecule has 0 saturated carbocycles. The molecule has 17 heavy (non-hydrogen) atoms. The molecule has 0 aliphatic heterocycles. The SMILES string of the molecule is [Bi+3].[O]=[GeH][O-].[O]=[GeH][O-].[O]=[GeH][O-].[O]=[GeH][O-].[O]=[GeH][O-].[TeH4+2]. The zero-order valence-corrected chi connectivity index (χ0v) is 27.8. The fourth-order valence-corrected chi connectivity index (χ4v) is 0. The molecule has 17 heteroatoms. The summed E-state index contributed by atoms with van der Waals surface area (Å²) < 4.78 is 85.3. The van der Waals surface area contributed by atoms with E-state index in [0.29, 0.717) is 0 Å². The molecule has 0 fully saturated rings. The molecular formula is H9BiGe5O10Te. The molecule has 0 bridgehead atoms. The molecule has 0 rings (SSSR count). The van der Waals surface area contributed by atoms with Gasteiger partial charge in [0, 0.05) is 0 Å². The third-order valence-electron chi connectivity index (χ3n) is 0. The van der Waals surface area contributed by atoms with Crippen LogP contribution in [0.3, 0.4) is 0 Å². The predicted molar refractivity (Wildman–Crippen MR) is 56.3 cm³/mol. The molecule has 10 nitrogen and oxygen atoms in total. The van der Waals surface area contributed by atoms with Crippen LogP contribution < -0.4 is 20.7 Å². The average molecular weight is 869 g/mol. The normalized spacial score (nSPS) is 3.53. The summed E-state index contributed by atoms with van der Waals surface area (Å²) in [6.07, 6.45) is 0. The van der Waals surface area contributed by atoms with Crippen LogP contribution in [-0.2, 0) is 18.9 Å². The monoisotopic (exact) mass is 878 g/mol. The van der Waals surface area contributed by atoms with Crippen molar-refractivity contribution in [2.45, 2.75) is 0 Å². The topological polar surface area (TPSA) is 201 Å². The van der Waals surface area contributed by atoms with Crippen LogP contribution in [0.1, 0.15) is 0 Å². The minimum atomic E-state index is -2.19. The molecular weight excluding hydrogens is 860 g/mol. The Hall–Kier alpha value is 2.39. The van der Waals surface area contributed by atoms with Gasteiger partial charge in [0.2, 0.25) is 0 Å². The summed E-state index contributed by atoms with van der Waals surface area (Å²) >= 11 is -10.9. The van der Waals surface area contributed by atoms with Crippen LogP contribution in [0.2, 0.25) is 0 Å². The van der Waals surface area contributed by atoms with E-state index in [1.54, 1.807) is 0 Å². The van der Waals surface area contributed by atoms with Crippen LogP contribution in [-0.4, -0.2) is 128 Å². The number of rotatable bonds is 0. The van der Waals surface area contributed by atoms with Crippen molar-refractivity contribution in [3.63, 3.8) is 0 Å². The van der Waals surface area contributed by atoms with Gasteiger partial charge in [-0.3, -0.25) is 0 Å². The fourth-order valence-electron chi connectivity index (χ4n) is 0. The van der Waals surface area contributed by atoms with Crippen LogP contribution in [0, 0.1) is 0 Å². The van der Waals surface area contributed by atoms with Crippen LogP contribution >= 0.6 is 0 Å². The summed E-state index contributed by atoms with van der Waals surface area (Å²) in [7, 11) is 0. The van der Waals surface area contributed by atoms with Crippen molar-refractivity contribution in [2.75, 3.05) is 0 Å². The Balaban J connectivity index is -0.0000000143. The Morgan fingerprint density at radius 3 is 0.471 bits per heavy atom. The Bertz CT molecular complexity index is 97.0. The Kier molecular flexibility index (Phi) is 256. The van der Waals surface area contributed by atoms with E-state index in [-0.39, 0.29) is 49.9 Å². The van der Waals surface area contributed by atoms with Crippen molar-refractivity contribution in [3.8, 4) is 0 Å². The molecule has 0 amide bonds. The van der Waals surface area contributed by atoms with Crippen molar-refractivity contribution < 1.29 is 39.6 Å². The van der Waals surface area contributed by atoms with Gasteiger partial charge in [-0.1, -0.05) is 0 Å². The van der Waals surface area contributed by atoms with Gasteiger partial charge in [0.15, 0.2) is 0 Å². The maximum absolute atomic E-state index is 8.53. The molecule has 2 radical (unpaired) electrons. The second-order valence-electron chi connectivity index (χ2n) is 0.481. The van der Waals surface area contributed by atoms with E-state index < -0.39 is 78.5 Å². The number of hydrogen-bond acceptors (Lipinski definition) is 10. The van der Waals surface area contributed by atoms with E-state index in [1.807, 2.05) is 0 Å². The molecule has 0 aromatic carbocycles. The Morgan fingerprint density at radius 1 is 0.471 bits per heavy atom. The molecule has 0 saturated heterocycles. The van der Waals surface area contributed by atoms with Gasteiger partial charge in [-0.15, -0.1) is 0 Å². The van der Waals surface area contributed by atoms with E-state index >= 15 is 0 Å². The molecule has 0 atom stereocenters. The van der Waals surface area contributed by atoms with Crippen molar-refractivity contribution in [1.82, 2.24) is 0 Å². The second kappa shape index (κ2) is 102. The Labute approximate surface area is 165 Å². The summed E-state index contributed by atoms with van der Waals surface area (Å²) in [6, 6.07) is 0. The second-order valence-corrected chi connectivity index (χ2v) is 2.50. The molecule has 100 valence electrons. The number of hydrogen-bond donors (Lipinski definition) is 0. The van der Waals surface area contributed by atoms with Gasteiger partial charge in [-0.05, 0) is 0 Å². The first-order valence-corrected chi connectivity index (χ1v) is 12.2. The zero-order valence-electron chi connectivity index (χ0n) is 8.12. The molecule has 0 unspecified atom stereocenters. The molecule has 0 heterocycles. The molecule has 0 aromatic rings. The van der Waals surface area contributed by atoms with Gasteiger partial charge in [-0.25, -0.2) is 0 Å². The first kappa shape index (κ1) is 42.7. The van der Waals surface area contributed by atoms with Crippen molar-refractivity contribution >= 4 is 128 Å². The summed E-state index contributed by atoms with van der Waals surface area (Å²) in [6.45, 7) is 0. The minimum absolute atomic E-state index is 0. The van der Waals surface area contributed by atoms with E-state index in [4.69, 9.17) is 39.6 Å². The summed E-state index contributed by atoms with van der Waals surface area (Å²) in [4.78, 5) is 0. The van der Waals surface area contributed by atoms with Crippen molar-refractivity contribution in [2.24, 2.45) is 0 Å². The quantitative estimate of drug-likeness (QED) is 0.211. The van der Waals surface area contributed by atoms with Gasteiger partial charge in [-0.2, -0.15) is 0 Å². The van der Waals surface area contributed by atoms with Gasteiger partial charge >= 0.3 is 168 Å². The first-order valence-electron chi connectivity index (χ1n) is 2.36.